The van der Waals surface area contributed by atoms with E-state index in [1.807, 2.05) is 84.3 Å². The minimum absolute atomic E-state index is 0.0310. The molecule has 8 nitrogen and oxygen atoms in total. The van der Waals surface area contributed by atoms with Crippen LogP contribution >= 0.6 is 0 Å². The second-order valence-corrected chi connectivity index (χ2v) is 13.5. The number of anilines is 2. The average Bonchev–Trinajstić information content (AvgIpc) is 3.25. The second-order valence-electron chi connectivity index (χ2n) is 10.7. The van der Waals surface area contributed by atoms with Crippen LogP contribution < -0.4 is 9.80 Å². The zero-order valence-corrected chi connectivity index (χ0v) is 24.2. The topological polar surface area (TPSA) is 115 Å². The second kappa shape index (κ2) is 10.4. The summed E-state index contributed by atoms with van der Waals surface area (Å²) in [5.41, 5.74) is 4.77. The summed E-state index contributed by atoms with van der Waals surface area (Å²) < 4.78 is 67.5. The molecule has 2 aromatic rings. The Bertz CT molecular complexity index is 1260. The van der Waals surface area contributed by atoms with Crippen molar-refractivity contribution in [1.82, 2.24) is 0 Å². The van der Waals surface area contributed by atoms with Gasteiger partial charge in [-0.2, -0.15) is 16.8 Å². The van der Waals surface area contributed by atoms with E-state index in [1.54, 1.807) is 0 Å². The standard InChI is InChI=1S/C27H37N2O6S2/c1-16(2)22-11-20(36(30,31)32)12-23(17(3)4)26(22)28-9-10-29(15-28)27-24(18(5)6)13-21(37(33,34)35)14-25(27)19(7)8/h9-19H,1-8H3,(H,30,31,32)(H,33,34,35). The molecule has 1 aliphatic rings. The molecule has 2 N–H and O–H groups in total. The molecule has 0 unspecified atom stereocenters. The summed E-state index contributed by atoms with van der Waals surface area (Å²) in [6.45, 7) is 17.6. The van der Waals surface area contributed by atoms with Gasteiger partial charge in [-0.1, -0.05) is 55.4 Å². The minimum atomic E-state index is -4.38. The van der Waals surface area contributed by atoms with Crippen molar-refractivity contribution < 1.29 is 25.9 Å². The Labute approximate surface area is 221 Å². The van der Waals surface area contributed by atoms with E-state index in [2.05, 4.69) is 0 Å². The van der Waals surface area contributed by atoms with Crippen LogP contribution in [0, 0.1) is 6.67 Å². The van der Waals surface area contributed by atoms with Crippen molar-refractivity contribution in [3.8, 4) is 0 Å². The van der Waals surface area contributed by atoms with E-state index < -0.39 is 20.2 Å². The Hall–Kier alpha value is -2.40. The number of benzene rings is 2. The molecule has 0 spiro atoms. The summed E-state index contributed by atoms with van der Waals surface area (Å²) >= 11 is 0. The number of hydrogen-bond acceptors (Lipinski definition) is 6. The lowest BCUT2D eigenvalue weighted by atomic mass is 9.91. The van der Waals surface area contributed by atoms with Crippen molar-refractivity contribution in [3.63, 3.8) is 0 Å². The fourth-order valence-corrected chi connectivity index (χ4v) is 5.68. The number of rotatable bonds is 8. The van der Waals surface area contributed by atoms with Crippen molar-refractivity contribution in [2.45, 2.75) is 88.9 Å². The fraction of sp³-hybridized carbons (Fsp3) is 0.444. The summed E-state index contributed by atoms with van der Waals surface area (Å²) in [6.07, 6.45) is 3.76. The molecule has 1 radical (unpaired) electrons. The fourth-order valence-electron chi connectivity index (χ4n) is 4.58. The van der Waals surface area contributed by atoms with Crippen LogP contribution in [0.5, 0.6) is 0 Å². The third kappa shape index (κ3) is 6.03. The molecule has 0 aliphatic carbocycles. The molecule has 0 aromatic heterocycles. The van der Waals surface area contributed by atoms with Gasteiger partial charge in [-0.3, -0.25) is 9.11 Å². The van der Waals surface area contributed by atoms with Crippen LogP contribution in [-0.2, 0) is 20.2 Å². The summed E-state index contributed by atoms with van der Waals surface area (Å²) in [6, 6.07) is 6.08. The van der Waals surface area contributed by atoms with E-state index in [0.29, 0.717) is 0 Å². The Morgan fingerprint density at radius 1 is 0.541 bits per heavy atom. The van der Waals surface area contributed by atoms with Crippen LogP contribution in [0.25, 0.3) is 0 Å². The highest BCUT2D eigenvalue weighted by molar-refractivity contribution is 7.86. The molecule has 0 saturated heterocycles. The van der Waals surface area contributed by atoms with Crippen molar-refractivity contribution in [1.29, 1.82) is 0 Å². The Morgan fingerprint density at radius 3 is 0.973 bits per heavy atom. The summed E-state index contributed by atoms with van der Waals surface area (Å²) in [4.78, 5) is 3.61. The normalized spacial score (nSPS) is 14.8. The highest BCUT2D eigenvalue weighted by atomic mass is 32.2. The third-order valence-corrected chi connectivity index (χ3v) is 8.18. The Morgan fingerprint density at radius 2 is 0.784 bits per heavy atom. The molecule has 37 heavy (non-hydrogen) atoms. The molecule has 10 heteroatoms. The zero-order valence-electron chi connectivity index (χ0n) is 22.6. The average molecular weight is 550 g/mol. The predicted octanol–water partition coefficient (Wildman–Crippen LogP) is 6.59. The molecule has 0 fully saturated rings. The quantitative estimate of drug-likeness (QED) is 0.354. The third-order valence-electron chi connectivity index (χ3n) is 6.52. The van der Waals surface area contributed by atoms with Gasteiger partial charge in [-0.05, 0) is 70.2 Å². The molecular formula is C27H37N2O6S2. The van der Waals surface area contributed by atoms with Gasteiger partial charge < -0.3 is 9.80 Å². The van der Waals surface area contributed by atoms with E-state index in [4.69, 9.17) is 0 Å². The van der Waals surface area contributed by atoms with Crippen molar-refractivity contribution in [2.75, 3.05) is 9.80 Å². The van der Waals surface area contributed by atoms with Gasteiger partial charge in [0, 0.05) is 23.8 Å². The lowest BCUT2D eigenvalue weighted by Crippen LogP contribution is -2.23. The van der Waals surface area contributed by atoms with Crippen LogP contribution in [0.3, 0.4) is 0 Å². The van der Waals surface area contributed by atoms with Gasteiger partial charge in [0.05, 0.1) is 9.79 Å². The smallest absolute Gasteiger partial charge is 0.294 e. The Kier molecular flexibility index (Phi) is 8.20. The highest BCUT2D eigenvalue weighted by Gasteiger charge is 2.30. The van der Waals surface area contributed by atoms with Crippen LogP contribution in [0.15, 0.2) is 46.5 Å². The van der Waals surface area contributed by atoms with Crippen molar-refractivity contribution in [2.24, 2.45) is 0 Å². The first-order valence-electron chi connectivity index (χ1n) is 12.3. The van der Waals surface area contributed by atoms with E-state index in [1.165, 1.54) is 24.3 Å². The largest absolute Gasteiger partial charge is 0.321 e. The summed E-state index contributed by atoms with van der Waals surface area (Å²) in [7, 11) is -8.76. The van der Waals surface area contributed by atoms with E-state index in [0.717, 1.165) is 33.6 Å². The molecule has 3 rings (SSSR count). The summed E-state index contributed by atoms with van der Waals surface area (Å²) in [5.74, 6) is -0.124. The minimum Gasteiger partial charge on any atom is -0.321 e. The van der Waals surface area contributed by atoms with E-state index >= 15 is 0 Å². The molecule has 1 heterocycles. The maximum absolute atomic E-state index is 12.0. The lowest BCUT2D eigenvalue weighted by molar-refractivity contribution is 0.480. The number of hydrogen-bond donors (Lipinski definition) is 2. The van der Waals surface area contributed by atoms with Crippen molar-refractivity contribution in [3.05, 3.63) is 65.6 Å². The van der Waals surface area contributed by atoms with Crippen LogP contribution in [0.1, 0.15) is 101 Å². The molecule has 203 valence electrons. The van der Waals surface area contributed by atoms with Crippen LogP contribution in [0.2, 0.25) is 0 Å². The molecule has 0 amide bonds. The molecular weight excluding hydrogens is 512 g/mol. The highest BCUT2D eigenvalue weighted by Crippen LogP contribution is 2.44. The van der Waals surface area contributed by atoms with Crippen LogP contribution in [-0.4, -0.2) is 25.9 Å². The van der Waals surface area contributed by atoms with Gasteiger partial charge in [0.15, 0.2) is 6.67 Å². The first kappa shape index (κ1) is 29.2. The first-order chi connectivity index (χ1) is 16.9. The SMILES string of the molecule is CC(C)c1cc(S(=O)(=O)O)cc(C(C)C)c1N1[CH]N(c2c(C(C)C)cc(S(=O)(=O)O)cc2C(C)C)C=C1. The van der Waals surface area contributed by atoms with E-state index in [-0.39, 0.29) is 33.5 Å². The monoisotopic (exact) mass is 549 g/mol. The molecule has 2 aromatic carbocycles. The molecule has 1 aliphatic heterocycles. The zero-order chi connectivity index (χ0) is 28.0. The van der Waals surface area contributed by atoms with Gasteiger partial charge in [0.25, 0.3) is 20.2 Å². The van der Waals surface area contributed by atoms with Gasteiger partial charge in [-0.25, -0.2) is 0 Å². The lowest BCUT2D eigenvalue weighted by Gasteiger charge is -2.31. The summed E-state index contributed by atoms with van der Waals surface area (Å²) in [5, 5.41) is 0. The Balaban J connectivity index is 2.20. The van der Waals surface area contributed by atoms with Gasteiger partial charge >= 0.3 is 0 Å². The molecule has 0 atom stereocenters. The van der Waals surface area contributed by atoms with Gasteiger partial charge in [-0.15, -0.1) is 0 Å². The van der Waals surface area contributed by atoms with Crippen LogP contribution in [0.4, 0.5) is 11.4 Å². The van der Waals surface area contributed by atoms with E-state index in [9.17, 15) is 25.9 Å². The maximum atomic E-state index is 12.0. The van der Waals surface area contributed by atoms with Crippen molar-refractivity contribution >= 4 is 31.6 Å². The first-order valence-corrected chi connectivity index (χ1v) is 15.2. The van der Waals surface area contributed by atoms with Gasteiger partial charge in [0.2, 0.25) is 0 Å². The maximum Gasteiger partial charge on any atom is 0.294 e. The van der Waals surface area contributed by atoms with Gasteiger partial charge in [0.1, 0.15) is 0 Å². The number of nitrogens with zero attached hydrogens (tertiary/aromatic N) is 2. The molecule has 0 saturated carbocycles. The predicted molar refractivity (Wildman–Crippen MR) is 147 cm³/mol. The molecule has 0 bridgehead atoms.